The Balaban J connectivity index is 1.40. The number of nitrogens with one attached hydrogen (secondary N) is 1. The van der Waals surface area contributed by atoms with E-state index in [9.17, 15) is 28.1 Å². The van der Waals surface area contributed by atoms with E-state index in [1.54, 1.807) is 6.92 Å². The quantitative estimate of drug-likeness (QED) is 0.372. The van der Waals surface area contributed by atoms with Crippen molar-refractivity contribution in [2.45, 2.75) is 24.3 Å². The van der Waals surface area contributed by atoms with Crippen LogP contribution in [0.25, 0.3) is 0 Å². The molecule has 2 heterocycles. The Hall–Kier alpha value is -3.35. The number of piperazine rings is 1. The molecule has 2 aliphatic heterocycles. The average Bonchev–Trinajstić information content (AvgIpc) is 3.03. The molecule has 1 unspecified atom stereocenters. The molecule has 0 radical (unpaired) electrons. The summed E-state index contributed by atoms with van der Waals surface area (Å²) in [6.45, 7) is 4.64. The summed E-state index contributed by atoms with van der Waals surface area (Å²) in [6, 6.07) is 11.7. The molecule has 12 heteroatoms. The van der Waals surface area contributed by atoms with E-state index in [4.69, 9.17) is 0 Å². The predicted octanol–water partition coefficient (Wildman–Crippen LogP) is 1.63. The number of sulfonamides is 1. The van der Waals surface area contributed by atoms with Gasteiger partial charge in [0.2, 0.25) is 10.0 Å². The molecule has 2 saturated heterocycles. The van der Waals surface area contributed by atoms with Crippen LogP contribution in [0.1, 0.15) is 18.1 Å². The highest BCUT2D eigenvalue weighted by molar-refractivity contribution is 7.89. The number of carbonyl (C=O) groups excluding carboxylic acids is 2. The molecule has 2 aliphatic rings. The van der Waals surface area contributed by atoms with E-state index >= 15 is 0 Å². The lowest BCUT2D eigenvalue weighted by atomic mass is 9.91. The molecule has 0 bridgehead atoms. The van der Waals surface area contributed by atoms with Gasteiger partial charge in [0.05, 0.1) is 16.5 Å². The first kappa shape index (κ1) is 23.8. The second-order valence-corrected chi connectivity index (χ2v) is 10.5. The van der Waals surface area contributed by atoms with Crippen molar-refractivity contribution in [1.82, 2.24) is 19.4 Å². The van der Waals surface area contributed by atoms with Crippen LogP contribution in [0.15, 0.2) is 53.4 Å². The predicted molar refractivity (Wildman–Crippen MR) is 122 cm³/mol. The van der Waals surface area contributed by atoms with Crippen molar-refractivity contribution in [2.24, 2.45) is 0 Å². The van der Waals surface area contributed by atoms with Crippen LogP contribution in [-0.4, -0.2) is 72.2 Å². The van der Waals surface area contributed by atoms with Crippen LogP contribution >= 0.6 is 0 Å². The van der Waals surface area contributed by atoms with Crippen molar-refractivity contribution in [3.05, 3.63) is 69.8 Å². The third-order valence-electron chi connectivity index (χ3n) is 6.26. The Kier molecular flexibility index (Phi) is 6.14. The molecule has 180 valence electrons. The minimum absolute atomic E-state index is 0.0190. The Morgan fingerprint density at radius 1 is 1.00 bits per heavy atom. The highest BCUT2D eigenvalue weighted by atomic mass is 32.2. The number of carbonyl (C=O) groups is 2. The maximum absolute atomic E-state index is 13.1. The van der Waals surface area contributed by atoms with Crippen molar-refractivity contribution >= 4 is 27.6 Å². The molecule has 2 fully saturated rings. The topological polar surface area (TPSA) is 133 Å². The van der Waals surface area contributed by atoms with Gasteiger partial charge in [0.15, 0.2) is 0 Å². The van der Waals surface area contributed by atoms with Gasteiger partial charge in [0, 0.05) is 38.3 Å². The van der Waals surface area contributed by atoms with E-state index in [2.05, 4.69) is 5.32 Å². The summed E-state index contributed by atoms with van der Waals surface area (Å²) in [4.78, 5) is 39.0. The zero-order valence-electron chi connectivity index (χ0n) is 18.8. The van der Waals surface area contributed by atoms with Crippen molar-refractivity contribution < 1.29 is 22.9 Å². The molecule has 34 heavy (non-hydrogen) atoms. The monoisotopic (exact) mass is 487 g/mol. The molecular weight excluding hydrogens is 462 g/mol. The normalized spacial score (nSPS) is 22.1. The number of imide groups is 1. The lowest BCUT2D eigenvalue weighted by Gasteiger charge is -2.35. The summed E-state index contributed by atoms with van der Waals surface area (Å²) in [5, 5.41) is 13.6. The smallest absolute Gasteiger partial charge is 0.319 e. The third-order valence-corrected chi connectivity index (χ3v) is 8.17. The molecule has 0 saturated carbocycles. The fourth-order valence-electron chi connectivity index (χ4n) is 4.11. The fraction of sp³-hybridized carbons (Fsp3) is 0.364. The molecule has 2 aromatic rings. The number of benzene rings is 2. The van der Waals surface area contributed by atoms with Gasteiger partial charge in [-0.3, -0.25) is 19.8 Å². The van der Waals surface area contributed by atoms with Crippen molar-refractivity contribution in [2.75, 3.05) is 32.8 Å². The van der Waals surface area contributed by atoms with E-state index < -0.39 is 26.5 Å². The van der Waals surface area contributed by atoms with Gasteiger partial charge >= 0.3 is 6.03 Å². The van der Waals surface area contributed by atoms with E-state index in [1.165, 1.54) is 16.4 Å². The summed E-state index contributed by atoms with van der Waals surface area (Å²) in [5.41, 5.74) is 0.390. The maximum atomic E-state index is 13.1. The van der Waals surface area contributed by atoms with Crippen LogP contribution in [0.4, 0.5) is 10.5 Å². The number of nitro groups is 1. The van der Waals surface area contributed by atoms with E-state index in [0.717, 1.165) is 22.6 Å². The summed E-state index contributed by atoms with van der Waals surface area (Å²) in [7, 11) is -3.81. The van der Waals surface area contributed by atoms with Gasteiger partial charge in [-0.05, 0) is 31.5 Å². The third kappa shape index (κ3) is 4.27. The van der Waals surface area contributed by atoms with Gasteiger partial charge in [0.1, 0.15) is 5.54 Å². The van der Waals surface area contributed by atoms with Gasteiger partial charge in [-0.25, -0.2) is 18.1 Å². The van der Waals surface area contributed by atoms with Gasteiger partial charge < -0.3 is 5.32 Å². The lowest BCUT2D eigenvalue weighted by Crippen LogP contribution is -2.52. The van der Waals surface area contributed by atoms with Crippen molar-refractivity contribution in [3.63, 3.8) is 0 Å². The summed E-state index contributed by atoms with van der Waals surface area (Å²) in [6.07, 6.45) is 0. The maximum Gasteiger partial charge on any atom is 0.326 e. The number of rotatable bonds is 6. The van der Waals surface area contributed by atoms with Crippen LogP contribution in [0, 0.1) is 17.0 Å². The highest BCUT2D eigenvalue weighted by Gasteiger charge is 2.49. The Morgan fingerprint density at radius 3 is 2.15 bits per heavy atom. The molecule has 11 nitrogen and oxygen atoms in total. The number of hydrogen-bond acceptors (Lipinski definition) is 7. The van der Waals surface area contributed by atoms with E-state index in [-0.39, 0.29) is 36.2 Å². The standard InChI is InChI=1S/C22H25N5O6S/c1-16-3-5-17(6-4-16)22(2)20(28)26(21(29)23-22)15-24-11-13-25(14-12-24)34(32,33)19-9-7-18(8-10-19)27(30)31/h3-10H,11-15H2,1-2H3,(H,23,29). The lowest BCUT2D eigenvalue weighted by molar-refractivity contribution is -0.384. The summed E-state index contributed by atoms with van der Waals surface area (Å²) in [5.74, 6) is -0.359. The number of nitrogens with zero attached hydrogens (tertiary/aromatic N) is 4. The number of urea groups is 1. The van der Waals surface area contributed by atoms with Crippen LogP contribution < -0.4 is 5.32 Å². The van der Waals surface area contributed by atoms with Crippen LogP contribution in [0.3, 0.4) is 0 Å². The zero-order valence-corrected chi connectivity index (χ0v) is 19.6. The molecule has 2 aromatic carbocycles. The first-order valence-corrected chi connectivity index (χ1v) is 12.1. The van der Waals surface area contributed by atoms with Gasteiger partial charge in [-0.15, -0.1) is 0 Å². The summed E-state index contributed by atoms with van der Waals surface area (Å²) < 4.78 is 27.1. The molecule has 1 atom stereocenters. The van der Waals surface area contributed by atoms with Crippen LogP contribution in [0.2, 0.25) is 0 Å². The van der Waals surface area contributed by atoms with Gasteiger partial charge in [-0.2, -0.15) is 4.31 Å². The molecule has 3 amide bonds. The second kappa shape index (κ2) is 8.78. The molecular formula is C22H25N5O6S. The van der Waals surface area contributed by atoms with Crippen molar-refractivity contribution in [1.29, 1.82) is 0 Å². The number of aryl methyl sites for hydroxylation is 1. The van der Waals surface area contributed by atoms with Crippen LogP contribution in [0.5, 0.6) is 0 Å². The van der Waals surface area contributed by atoms with Gasteiger partial charge in [-0.1, -0.05) is 29.8 Å². The molecule has 0 aromatic heterocycles. The summed E-state index contributed by atoms with van der Waals surface area (Å²) >= 11 is 0. The second-order valence-electron chi connectivity index (χ2n) is 8.57. The zero-order chi connectivity index (χ0) is 24.7. The number of non-ortho nitro benzene ring substituents is 1. The fourth-order valence-corrected chi connectivity index (χ4v) is 5.53. The Bertz CT molecular complexity index is 1220. The van der Waals surface area contributed by atoms with Gasteiger partial charge in [0.25, 0.3) is 11.6 Å². The minimum atomic E-state index is -3.81. The number of amides is 3. The SMILES string of the molecule is Cc1ccc(C2(C)NC(=O)N(CN3CCN(S(=O)(=O)c4ccc([N+](=O)[O-])cc4)CC3)C2=O)cc1. The molecule has 0 spiro atoms. The minimum Gasteiger partial charge on any atom is -0.319 e. The first-order chi connectivity index (χ1) is 16.0. The molecule has 0 aliphatic carbocycles. The average molecular weight is 488 g/mol. The first-order valence-electron chi connectivity index (χ1n) is 10.7. The molecule has 4 rings (SSSR count). The largest absolute Gasteiger partial charge is 0.326 e. The van der Waals surface area contributed by atoms with Crippen molar-refractivity contribution in [3.8, 4) is 0 Å². The Labute approximate surface area is 197 Å². The highest BCUT2D eigenvalue weighted by Crippen LogP contribution is 2.29. The number of nitro benzene ring substituents is 1. The molecule has 1 N–H and O–H groups in total. The Morgan fingerprint density at radius 2 is 1.59 bits per heavy atom. The van der Waals surface area contributed by atoms with Crippen LogP contribution in [-0.2, 0) is 20.4 Å². The number of hydrogen-bond donors (Lipinski definition) is 1. The van der Waals surface area contributed by atoms with E-state index in [1.807, 2.05) is 36.1 Å². The van der Waals surface area contributed by atoms with E-state index in [0.29, 0.717) is 18.7 Å².